The molecular formula is C14H26ClNO. The van der Waals surface area contributed by atoms with Crippen LogP contribution >= 0.6 is 11.6 Å². The van der Waals surface area contributed by atoms with Gasteiger partial charge in [-0.1, -0.05) is 12.8 Å². The molecule has 1 unspecified atom stereocenters. The Labute approximate surface area is 111 Å². The van der Waals surface area contributed by atoms with Crippen LogP contribution in [0.1, 0.15) is 52.4 Å². The summed E-state index contributed by atoms with van der Waals surface area (Å²) in [6, 6.07) is 0.765. The van der Waals surface area contributed by atoms with Gasteiger partial charge < -0.3 is 4.74 Å². The van der Waals surface area contributed by atoms with Gasteiger partial charge in [-0.25, -0.2) is 0 Å². The Balaban J connectivity index is 1.84. The van der Waals surface area contributed by atoms with E-state index < -0.39 is 0 Å². The van der Waals surface area contributed by atoms with Crippen LogP contribution in [0.15, 0.2) is 0 Å². The van der Waals surface area contributed by atoms with Crippen molar-refractivity contribution in [1.29, 1.82) is 0 Å². The SMILES string of the molecule is CC1(C)CCC(CN(CCCl)C2CCCC2)O1. The van der Waals surface area contributed by atoms with Gasteiger partial charge in [0.15, 0.2) is 0 Å². The summed E-state index contributed by atoms with van der Waals surface area (Å²) in [7, 11) is 0. The minimum absolute atomic E-state index is 0.0903. The highest BCUT2D eigenvalue weighted by Gasteiger charge is 2.34. The van der Waals surface area contributed by atoms with Crippen molar-refractivity contribution >= 4 is 11.6 Å². The zero-order valence-corrected chi connectivity index (χ0v) is 12.0. The fraction of sp³-hybridized carbons (Fsp3) is 1.00. The Morgan fingerprint density at radius 3 is 2.47 bits per heavy atom. The van der Waals surface area contributed by atoms with Crippen molar-refractivity contribution in [2.24, 2.45) is 0 Å². The number of nitrogens with zero attached hydrogens (tertiary/aromatic N) is 1. The molecule has 17 heavy (non-hydrogen) atoms. The first kappa shape index (κ1) is 13.6. The summed E-state index contributed by atoms with van der Waals surface area (Å²) in [5, 5.41) is 0. The normalized spacial score (nSPS) is 29.3. The Morgan fingerprint density at radius 2 is 1.94 bits per heavy atom. The quantitative estimate of drug-likeness (QED) is 0.702. The predicted molar refractivity (Wildman–Crippen MR) is 72.7 cm³/mol. The summed E-state index contributed by atoms with van der Waals surface area (Å²) >= 11 is 5.93. The van der Waals surface area contributed by atoms with E-state index in [0.717, 1.165) is 25.0 Å². The van der Waals surface area contributed by atoms with Gasteiger partial charge in [0.05, 0.1) is 11.7 Å². The van der Waals surface area contributed by atoms with Crippen LogP contribution in [0, 0.1) is 0 Å². The molecule has 1 saturated carbocycles. The van der Waals surface area contributed by atoms with Crippen molar-refractivity contribution in [3.8, 4) is 0 Å². The van der Waals surface area contributed by atoms with Gasteiger partial charge in [0.25, 0.3) is 0 Å². The topological polar surface area (TPSA) is 12.5 Å². The van der Waals surface area contributed by atoms with Gasteiger partial charge in [0, 0.05) is 25.0 Å². The van der Waals surface area contributed by atoms with E-state index in [2.05, 4.69) is 18.7 Å². The standard InChI is InChI=1S/C14H26ClNO/c1-14(2)8-7-13(17-14)11-16(10-9-15)12-5-3-4-6-12/h12-13H,3-11H2,1-2H3. The first-order chi connectivity index (χ1) is 8.11. The van der Waals surface area contributed by atoms with Crippen molar-refractivity contribution in [2.45, 2.75) is 70.1 Å². The van der Waals surface area contributed by atoms with Crippen LogP contribution < -0.4 is 0 Å². The highest BCUT2D eigenvalue weighted by molar-refractivity contribution is 6.18. The third-order valence-corrected chi connectivity index (χ3v) is 4.37. The fourth-order valence-corrected chi connectivity index (χ4v) is 3.49. The molecule has 1 atom stereocenters. The van der Waals surface area contributed by atoms with Crippen molar-refractivity contribution in [3.63, 3.8) is 0 Å². The lowest BCUT2D eigenvalue weighted by Gasteiger charge is -2.31. The molecule has 1 saturated heterocycles. The van der Waals surface area contributed by atoms with Gasteiger partial charge in [0.1, 0.15) is 0 Å². The molecule has 100 valence electrons. The maximum Gasteiger partial charge on any atom is 0.0710 e. The van der Waals surface area contributed by atoms with Crippen LogP contribution in [-0.4, -0.2) is 41.6 Å². The van der Waals surface area contributed by atoms with E-state index in [-0.39, 0.29) is 5.60 Å². The van der Waals surface area contributed by atoms with Crippen LogP contribution in [0.5, 0.6) is 0 Å². The van der Waals surface area contributed by atoms with Crippen LogP contribution in [-0.2, 0) is 4.74 Å². The molecule has 0 amide bonds. The monoisotopic (exact) mass is 259 g/mol. The Hall–Kier alpha value is 0.210. The average Bonchev–Trinajstić information content (AvgIpc) is 2.87. The molecular weight excluding hydrogens is 234 g/mol. The lowest BCUT2D eigenvalue weighted by molar-refractivity contribution is -0.0326. The number of halogens is 1. The van der Waals surface area contributed by atoms with Crippen LogP contribution in [0.2, 0.25) is 0 Å². The van der Waals surface area contributed by atoms with Crippen molar-refractivity contribution in [3.05, 3.63) is 0 Å². The molecule has 0 aromatic carbocycles. The number of hydrogen-bond donors (Lipinski definition) is 0. The van der Waals surface area contributed by atoms with E-state index in [1.54, 1.807) is 0 Å². The zero-order valence-electron chi connectivity index (χ0n) is 11.3. The average molecular weight is 260 g/mol. The van der Waals surface area contributed by atoms with Crippen molar-refractivity contribution in [2.75, 3.05) is 19.0 Å². The second kappa shape index (κ2) is 5.90. The molecule has 0 aromatic rings. The van der Waals surface area contributed by atoms with Gasteiger partial charge >= 0.3 is 0 Å². The molecule has 1 aliphatic heterocycles. The summed E-state index contributed by atoms with van der Waals surface area (Å²) in [6.07, 6.45) is 8.31. The van der Waals surface area contributed by atoms with Gasteiger partial charge in [-0.3, -0.25) is 4.90 Å². The van der Waals surface area contributed by atoms with Crippen molar-refractivity contribution in [1.82, 2.24) is 4.90 Å². The summed E-state index contributed by atoms with van der Waals surface area (Å²) in [4.78, 5) is 2.58. The molecule has 3 heteroatoms. The van der Waals surface area contributed by atoms with Gasteiger partial charge in [-0.15, -0.1) is 11.6 Å². The Kier molecular flexibility index (Phi) is 4.73. The van der Waals surface area contributed by atoms with Crippen molar-refractivity contribution < 1.29 is 4.74 Å². The lowest BCUT2D eigenvalue weighted by atomic mass is 10.1. The summed E-state index contributed by atoms with van der Waals surface area (Å²) in [5.74, 6) is 0.743. The van der Waals surface area contributed by atoms with E-state index in [9.17, 15) is 0 Å². The summed E-state index contributed by atoms with van der Waals surface area (Å²) < 4.78 is 6.10. The number of ether oxygens (including phenoxy) is 1. The molecule has 0 bridgehead atoms. The summed E-state index contributed by atoms with van der Waals surface area (Å²) in [5.41, 5.74) is 0.0903. The third kappa shape index (κ3) is 3.84. The number of hydrogen-bond acceptors (Lipinski definition) is 2. The molecule has 2 rings (SSSR count). The fourth-order valence-electron chi connectivity index (χ4n) is 3.27. The minimum atomic E-state index is 0.0903. The third-order valence-electron chi connectivity index (χ3n) is 4.21. The van der Waals surface area contributed by atoms with Crippen LogP contribution in [0.3, 0.4) is 0 Å². The predicted octanol–water partition coefficient (Wildman–Crippen LogP) is 3.43. The maximum absolute atomic E-state index is 6.10. The first-order valence-corrected chi connectivity index (χ1v) is 7.62. The molecule has 2 aliphatic rings. The first-order valence-electron chi connectivity index (χ1n) is 7.08. The molecule has 0 spiro atoms. The highest BCUT2D eigenvalue weighted by atomic mass is 35.5. The molecule has 2 nitrogen and oxygen atoms in total. The number of rotatable bonds is 5. The highest BCUT2D eigenvalue weighted by Crippen LogP contribution is 2.31. The second-order valence-corrected chi connectivity index (χ2v) is 6.54. The Morgan fingerprint density at radius 1 is 1.24 bits per heavy atom. The lowest BCUT2D eigenvalue weighted by Crippen LogP contribution is -2.41. The van der Waals surface area contributed by atoms with Gasteiger partial charge in [-0.05, 0) is 39.5 Å². The molecule has 0 radical (unpaired) electrons. The maximum atomic E-state index is 6.10. The molecule has 2 fully saturated rings. The zero-order chi connectivity index (χ0) is 12.3. The summed E-state index contributed by atoms with van der Waals surface area (Å²) in [6.45, 7) is 6.51. The van der Waals surface area contributed by atoms with E-state index >= 15 is 0 Å². The Bertz CT molecular complexity index is 238. The van der Waals surface area contributed by atoms with E-state index in [0.29, 0.717) is 6.10 Å². The number of alkyl halides is 1. The molecule has 0 N–H and O–H groups in total. The van der Waals surface area contributed by atoms with E-state index in [1.165, 1.54) is 38.5 Å². The van der Waals surface area contributed by atoms with Gasteiger partial charge in [0.2, 0.25) is 0 Å². The van der Waals surface area contributed by atoms with Crippen LogP contribution in [0.4, 0.5) is 0 Å². The molecule has 1 aliphatic carbocycles. The molecule has 0 aromatic heterocycles. The van der Waals surface area contributed by atoms with E-state index in [1.807, 2.05) is 0 Å². The second-order valence-electron chi connectivity index (χ2n) is 6.16. The molecule has 1 heterocycles. The van der Waals surface area contributed by atoms with E-state index in [4.69, 9.17) is 16.3 Å². The minimum Gasteiger partial charge on any atom is -0.371 e. The van der Waals surface area contributed by atoms with Gasteiger partial charge in [-0.2, -0.15) is 0 Å². The smallest absolute Gasteiger partial charge is 0.0710 e. The van der Waals surface area contributed by atoms with Crippen LogP contribution in [0.25, 0.3) is 0 Å². The largest absolute Gasteiger partial charge is 0.371 e.